The third kappa shape index (κ3) is 3.57. The molecule has 1 aromatic rings. The molecule has 0 aromatic carbocycles. The average molecular weight is 318 g/mol. The van der Waals surface area contributed by atoms with E-state index in [0.29, 0.717) is 38.6 Å². The van der Waals surface area contributed by atoms with E-state index in [-0.39, 0.29) is 17.7 Å². The first-order valence-corrected chi connectivity index (χ1v) is 8.74. The smallest absolute Gasteiger partial charge is 0.228 e. The summed E-state index contributed by atoms with van der Waals surface area (Å²) >= 11 is 0. The average Bonchev–Trinajstić information content (AvgIpc) is 3.28. The molecule has 0 N–H and O–H groups in total. The maximum atomic E-state index is 12.8. The number of amides is 2. The van der Waals surface area contributed by atoms with Crippen molar-refractivity contribution in [3.05, 3.63) is 18.5 Å². The van der Waals surface area contributed by atoms with Gasteiger partial charge in [-0.3, -0.25) is 14.3 Å². The SMILES string of the molecule is CCN(CCn1cccn1)C(=O)[C@@H]1CC(=O)N(C2CCCC2)C1. The van der Waals surface area contributed by atoms with E-state index in [9.17, 15) is 9.59 Å². The molecule has 6 nitrogen and oxygen atoms in total. The first-order chi connectivity index (χ1) is 11.2. The molecule has 1 aliphatic carbocycles. The Bertz CT molecular complexity index is 537. The number of likely N-dealkylation sites (N-methyl/N-ethyl adjacent to an activating group) is 1. The lowest BCUT2D eigenvalue weighted by atomic mass is 10.1. The second kappa shape index (κ2) is 7.15. The Kier molecular flexibility index (Phi) is 4.98. The molecular formula is C17H26N4O2. The van der Waals surface area contributed by atoms with E-state index in [1.807, 2.05) is 33.7 Å². The van der Waals surface area contributed by atoms with Crippen LogP contribution in [0.25, 0.3) is 0 Å². The van der Waals surface area contributed by atoms with Gasteiger partial charge in [0.25, 0.3) is 0 Å². The van der Waals surface area contributed by atoms with Gasteiger partial charge in [0.1, 0.15) is 0 Å². The zero-order chi connectivity index (χ0) is 16.2. The standard InChI is InChI=1S/C17H26N4O2/c1-2-19(10-11-20-9-5-8-18-20)17(23)14-12-16(22)21(13-14)15-6-3-4-7-15/h5,8-9,14-15H,2-4,6-7,10-13H2,1H3/t14-/m1/s1. The summed E-state index contributed by atoms with van der Waals surface area (Å²) in [5.41, 5.74) is 0. The van der Waals surface area contributed by atoms with Crippen LogP contribution in [0.4, 0.5) is 0 Å². The van der Waals surface area contributed by atoms with Crippen molar-refractivity contribution in [2.75, 3.05) is 19.6 Å². The summed E-state index contributed by atoms with van der Waals surface area (Å²) in [6, 6.07) is 2.26. The summed E-state index contributed by atoms with van der Waals surface area (Å²) in [6.07, 6.45) is 8.64. The van der Waals surface area contributed by atoms with Crippen molar-refractivity contribution in [1.29, 1.82) is 0 Å². The predicted octanol–water partition coefficient (Wildman–Crippen LogP) is 1.52. The highest BCUT2D eigenvalue weighted by molar-refractivity contribution is 5.89. The third-order valence-electron chi connectivity index (χ3n) is 5.12. The molecule has 2 heterocycles. The number of carbonyl (C=O) groups excluding carboxylic acids is 2. The maximum absolute atomic E-state index is 12.8. The van der Waals surface area contributed by atoms with Crippen molar-refractivity contribution >= 4 is 11.8 Å². The molecule has 1 saturated carbocycles. The molecule has 6 heteroatoms. The second-order valence-electron chi connectivity index (χ2n) is 6.57. The van der Waals surface area contributed by atoms with Crippen LogP contribution in [0.3, 0.4) is 0 Å². The van der Waals surface area contributed by atoms with Gasteiger partial charge in [0.05, 0.1) is 12.5 Å². The Morgan fingerprint density at radius 2 is 2.17 bits per heavy atom. The van der Waals surface area contributed by atoms with Crippen LogP contribution >= 0.6 is 0 Å². The molecule has 2 aliphatic rings. The molecule has 3 rings (SSSR count). The number of likely N-dealkylation sites (tertiary alicyclic amines) is 1. The van der Waals surface area contributed by atoms with Crippen LogP contribution in [0.2, 0.25) is 0 Å². The Labute approximate surface area is 137 Å². The van der Waals surface area contributed by atoms with Gasteiger partial charge in [-0.25, -0.2) is 0 Å². The van der Waals surface area contributed by atoms with Crippen LogP contribution < -0.4 is 0 Å². The van der Waals surface area contributed by atoms with Gasteiger partial charge in [-0.15, -0.1) is 0 Å². The molecule has 126 valence electrons. The second-order valence-corrected chi connectivity index (χ2v) is 6.57. The molecule has 0 spiro atoms. The zero-order valence-electron chi connectivity index (χ0n) is 13.9. The molecule has 2 amide bonds. The molecule has 1 saturated heterocycles. The highest BCUT2D eigenvalue weighted by Crippen LogP contribution is 2.30. The lowest BCUT2D eigenvalue weighted by Gasteiger charge is -2.26. The first kappa shape index (κ1) is 16.0. The van der Waals surface area contributed by atoms with E-state index < -0.39 is 0 Å². The van der Waals surface area contributed by atoms with Crippen molar-refractivity contribution in [2.24, 2.45) is 5.92 Å². The van der Waals surface area contributed by atoms with Gasteiger partial charge in [0.2, 0.25) is 11.8 Å². The van der Waals surface area contributed by atoms with Crippen molar-refractivity contribution in [1.82, 2.24) is 19.6 Å². The summed E-state index contributed by atoms with van der Waals surface area (Å²) < 4.78 is 1.83. The minimum absolute atomic E-state index is 0.119. The predicted molar refractivity (Wildman–Crippen MR) is 86.6 cm³/mol. The van der Waals surface area contributed by atoms with Gasteiger partial charge < -0.3 is 9.80 Å². The summed E-state index contributed by atoms with van der Waals surface area (Å²) in [7, 11) is 0. The van der Waals surface area contributed by atoms with Gasteiger partial charge in [0.15, 0.2) is 0 Å². The molecule has 1 aliphatic heterocycles. The Hall–Kier alpha value is -1.85. The fourth-order valence-corrected chi connectivity index (χ4v) is 3.80. The fourth-order valence-electron chi connectivity index (χ4n) is 3.80. The fraction of sp³-hybridized carbons (Fsp3) is 0.706. The third-order valence-corrected chi connectivity index (χ3v) is 5.12. The summed E-state index contributed by atoms with van der Waals surface area (Å²) in [6.45, 7) is 4.62. The quantitative estimate of drug-likeness (QED) is 0.799. The molecule has 23 heavy (non-hydrogen) atoms. The highest BCUT2D eigenvalue weighted by Gasteiger charge is 2.39. The molecule has 2 fully saturated rings. The van der Waals surface area contributed by atoms with E-state index in [2.05, 4.69) is 5.10 Å². The molecule has 1 aromatic heterocycles. The number of rotatable bonds is 6. The van der Waals surface area contributed by atoms with Crippen LogP contribution in [0, 0.1) is 5.92 Å². The lowest BCUT2D eigenvalue weighted by Crippen LogP contribution is -2.40. The Balaban J connectivity index is 1.56. The number of carbonyl (C=O) groups is 2. The van der Waals surface area contributed by atoms with Crippen molar-refractivity contribution in [3.8, 4) is 0 Å². The number of aromatic nitrogens is 2. The van der Waals surface area contributed by atoms with E-state index in [1.165, 1.54) is 12.8 Å². The van der Waals surface area contributed by atoms with E-state index in [0.717, 1.165) is 12.8 Å². The molecule has 1 atom stereocenters. The van der Waals surface area contributed by atoms with Crippen molar-refractivity contribution in [2.45, 2.75) is 51.6 Å². The van der Waals surface area contributed by atoms with E-state index >= 15 is 0 Å². The Morgan fingerprint density at radius 1 is 1.39 bits per heavy atom. The first-order valence-electron chi connectivity index (χ1n) is 8.74. The normalized spacial score (nSPS) is 22.0. The largest absolute Gasteiger partial charge is 0.341 e. The maximum Gasteiger partial charge on any atom is 0.228 e. The molecule has 0 bridgehead atoms. The summed E-state index contributed by atoms with van der Waals surface area (Å²) in [5.74, 6) is 0.118. The van der Waals surface area contributed by atoms with Crippen molar-refractivity contribution in [3.63, 3.8) is 0 Å². The monoisotopic (exact) mass is 318 g/mol. The lowest BCUT2D eigenvalue weighted by molar-refractivity contribution is -0.135. The minimum Gasteiger partial charge on any atom is -0.341 e. The van der Waals surface area contributed by atoms with Gasteiger partial charge in [0, 0.05) is 44.5 Å². The van der Waals surface area contributed by atoms with Crippen LogP contribution in [0.5, 0.6) is 0 Å². The van der Waals surface area contributed by atoms with E-state index in [1.54, 1.807) is 6.20 Å². The summed E-state index contributed by atoms with van der Waals surface area (Å²) in [4.78, 5) is 28.9. The van der Waals surface area contributed by atoms with Gasteiger partial charge in [-0.2, -0.15) is 5.10 Å². The minimum atomic E-state index is -0.166. The van der Waals surface area contributed by atoms with Crippen molar-refractivity contribution < 1.29 is 9.59 Å². The highest BCUT2D eigenvalue weighted by atomic mass is 16.2. The molecular weight excluding hydrogens is 292 g/mol. The molecule has 0 radical (unpaired) electrons. The van der Waals surface area contributed by atoms with E-state index in [4.69, 9.17) is 0 Å². The van der Waals surface area contributed by atoms with Gasteiger partial charge in [-0.05, 0) is 25.8 Å². The zero-order valence-corrected chi connectivity index (χ0v) is 13.9. The molecule has 0 unspecified atom stereocenters. The van der Waals surface area contributed by atoms with Crippen LogP contribution in [0.15, 0.2) is 18.5 Å². The van der Waals surface area contributed by atoms with Gasteiger partial charge in [-0.1, -0.05) is 12.8 Å². The number of hydrogen-bond acceptors (Lipinski definition) is 3. The van der Waals surface area contributed by atoms with Gasteiger partial charge >= 0.3 is 0 Å². The summed E-state index contributed by atoms with van der Waals surface area (Å²) in [5, 5.41) is 4.17. The van der Waals surface area contributed by atoms with Crippen LogP contribution in [-0.4, -0.2) is 57.1 Å². The number of hydrogen-bond donors (Lipinski definition) is 0. The Morgan fingerprint density at radius 3 is 2.83 bits per heavy atom. The van der Waals surface area contributed by atoms with Crippen LogP contribution in [0.1, 0.15) is 39.0 Å². The van der Waals surface area contributed by atoms with Crippen LogP contribution in [-0.2, 0) is 16.1 Å². The number of nitrogens with zero attached hydrogens (tertiary/aromatic N) is 4. The topological polar surface area (TPSA) is 58.4 Å².